The van der Waals surface area contributed by atoms with Gasteiger partial charge < -0.3 is 14.4 Å². The average molecular weight is 570 g/mol. The number of carboxylic acid groups (broad SMARTS) is 1. The minimum Gasteiger partial charge on any atom is -0.489 e. The Labute approximate surface area is 234 Å². The fourth-order valence-electron chi connectivity index (χ4n) is 5.18. The molecule has 0 saturated heterocycles. The first-order valence-electron chi connectivity index (χ1n) is 12.3. The Balaban J connectivity index is 1.23. The van der Waals surface area contributed by atoms with Crippen molar-refractivity contribution < 1.29 is 19.2 Å². The van der Waals surface area contributed by atoms with Crippen LogP contribution in [0.3, 0.4) is 0 Å². The molecule has 2 saturated carbocycles. The van der Waals surface area contributed by atoms with E-state index >= 15 is 0 Å². The Morgan fingerprint density at radius 2 is 1.87 bits per heavy atom. The molecule has 2 aliphatic rings. The predicted octanol–water partition coefficient (Wildman–Crippen LogP) is 8.30. The van der Waals surface area contributed by atoms with E-state index < -0.39 is 5.97 Å². The molecule has 0 bridgehead atoms. The van der Waals surface area contributed by atoms with Crippen LogP contribution in [0.1, 0.15) is 71.0 Å². The van der Waals surface area contributed by atoms with Gasteiger partial charge in [0, 0.05) is 28.1 Å². The molecule has 2 atom stereocenters. The average Bonchev–Trinajstić information content (AvgIpc) is 3.81. The maximum atomic E-state index is 11.3. The van der Waals surface area contributed by atoms with Crippen LogP contribution in [0.25, 0.3) is 11.3 Å². The van der Waals surface area contributed by atoms with Gasteiger partial charge in [-0.25, -0.2) is 9.78 Å². The molecular weight excluding hydrogens is 547 g/mol. The second-order valence-corrected chi connectivity index (χ2v) is 11.4. The summed E-state index contributed by atoms with van der Waals surface area (Å²) in [4.78, 5) is 15.3. The van der Waals surface area contributed by atoms with Crippen LogP contribution in [0, 0.1) is 0 Å². The number of carbonyl (C=O) groups is 1. The summed E-state index contributed by atoms with van der Waals surface area (Å²) in [6.07, 6.45) is 4.50. The normalized spacial score (nSPS) is 20.4. The molecule has 0 spiro atoms. The highest BCUT2D eigenvalue weighted by Crippen LogP contribution is 2.61. The maximum absolute atomic E-state index is 11.3. The van der Waals surface area contributed by atoms with Gasteiger partial charge >= 0.3 is 5.97 Å². The molecule has 2 aromatic heterocycles. The number of ether oxygens (including phenoxy) is 1. The van der Waals surface area contributed by atoms with Crippen molar-refractivity contribution in [2.45, 2.75) is 50.0 Å². The fraction of sp³-hybridized carbons (Fsp3) is 0.276. The number of carboxylic acids is 1. The summed E-state index contributed by atoms with van der Waals surface area (Å²) in [5, 5.41) is 15.2. The molecule has 4 aromatic rings. The molecule has 6 nitrogen and oxygen atoms in total. The van der Waals surface area contributed by atoms with E-state index in [0.29, 0.717) is 38.0 Å². The fourth-order valence-corrected chi connectivity index (χ4v) is 6.14. The monoisotopic (exact) mass is 568 g/mol. The van der Waals surface area contributed by atoms with E-state index in [1.807, 2.05) is 24.3 Å². The number of pyridine rings is 1. The quantitative estimate of drug-likeness (QED) is 0.230. The number of hydrogen-bond acceptors (Lipinski definition) is 5. The highest BCUT2D eigenvalue weighted by molar-refractivity contribution is 6.39. The first kappa shape index (κ1) is 25.2. The van der Waals surface area contributed by atoms with E-state index in [-0.39, 0.29) is 23.6 Å². The van der Waals surface area contributed by atoms with Crippen molar-refractivity contribution in [3.8, 4) is 17.0 Å². The number of halogens is 3. The third kappa shape index (κ3) is 4.55. The molecule has 1 N–H and O–H groups in total. The van der Waals surface area contributed by atoms with Gasteiger partial charge in [0.2, 0.25) is 0 Å². The van der Waals surface area contributed by atoms with Gasteiger partial charge in [-0.2, -0.15) is 0 Å². The van der Waals surface area contributed by atoms with Crippen LogP contribution in [-0.4, -0.2) is 21.2 Å². The smallest absolute Gasteiger partial charge is 0.354 e. The largest absolute Gasteiger partial charge is 0.489 e. The first-order valence-corrected chi connectivity index (χ1v) is 13.4. The van der Waals surface area contributed by atoms with Crippen LogP contribution < -0.4 is 4.74 Å². The van der Waals surface area contributed by atoms with Crippen LogP contribution in [0.2, 0.25) is 15.1 Å². The van der Waals surface area contributed by atoms with Gasteiger partial charge in [-0.1, -0.05) is 59.0 Å². The Morgan fingerprint density at radius 1 is 1.11 bits per heavy atom. The van der Waals surface area contributed by atoms with Crippen molar-refractivity contribution in [1.82, 2.24) is 10.1 Å². The number of aromatic nitrogens is 2. The van der Waals surface area contributed by atoms with E-state index in [9.17, 15) is 9.90 Å². The summed E-state index contributed by atoms with van der Waals surface area (Å²) in [7, 11) is 0. The minimum atomic E-state index is -1.04. The summed E-state index contributed by atoms with van der Waals surface area (Å²) >= 11 is 19.7. The second kappa shape index (κ2) is 9.60. The van der Waals surface area contributed by atoms with Crippen molar-refractivity contribution in [2.24, 2.45) is 0 Å². The summed E-state index contributed by atoms with van der Waals surface area (Å²) in [6.45, 7) is 2.37. The van der Waals surface area contributed by atoms with Crippen LogP contribution >= 0.6 is 34.8 Å². The van der Waals surface area contributed by atoms with E-state index in [1.165, 1.54) is 0 Å². The standard InChI is InChI=1S/C29H23Cl3N2O4/c1-29(13-20(29)16-9-10-33-24(11-16)28(35)36)19-8-7-17(12-23(19)32)37-14-18-26(34-38-27(18)15-5-6-15)25-21(30)3-2-4-22(25)31/h2-4,7-12,15,20H,5-6,13-14H2,1H3,(H,35,36). The molecule has 9 heteroatoms. The second-order valence-electron chi connectivity index (χ2n) is 10.1. The maximum Gasteiger partial charge on any atom is 0.354 e. The lowest BCUT2D eigenvalue weighted by molar-refractivity contribution is 0.0690. The third-order valence-electron chi connectivity index (χ3n) is 7.55. The molecule has 2 unspecified atom stereocenters. The van der Waals surface area contributed by atoms with Gasteiger partial charge in [0.25, 0.3) is 0 Å². The molecule has 2 heterocycles. The van der Waals surface area contributed by atoms with Crippen LogP contribution in [0.15, 0.2) is 59.3 Å². The Morgan fingerprint density at radius 3 is 2.55 bits per heavy atom. The van der Waals surface area contributed by atoms with Crippen molar-refractivity contribution in [1.29, 1.82) is 0 Å². The Bertz CT molecular complexity index is 1550. The summed E-state index contributed by atoms with van der Waals surface area (Å²) in [5.74, 6) is 0.879. The Kier molecular flexibility index (Phi) is 6.37. The lowest BCUT2D eigenvalue weighted by Crippen LogP contribution is -2.07. The van der Waals surface area contributed by atoms with Crippen molar-refractivity contribution in [2.75, 3.05) is 0 Å². The number of benzene rings is 2. The highest BCUT2D eigenvalue weighted by atomic mass is 35.5. The van der Waals surface area contributed by atoms with Gasteiger partial charge in [-0.3, -0.25) is 0 Å². The van der Waals surface area contributed by atoms with E-state index in [4.69, 9.17) is 44.1 Å². The topological polar surface area (TPSA) is 85.5 Å². The number of nitrogens with zero attached hydrogens (tertiary/aromatic N) is 2. The first-order chi connectivity index (χ1) is 18.3. The molecule has 6 rings (SSSR count). The molecule has 0 amide bonds. The van der Waals surface area contributed by atoms with Crippen molar-refractivity contribution in [3.05, 3.63) is 97.9 Å². The van der Waals surface area contributed by atoms with Gasteiger partial charge in [-0.05, 0) is 72.7 Å². The van der Waals surface area contributed by atoms with Crippen molar-refractivity contribution in [3.63, 3.8) is 0 Å². The predicted molar refractivity (Wildman–Crippen MR) is 146 cm³/mol. The van der Waals surface area contributed by atoms with Gasteiger partial charge in [0.1, 0.15) is 29.5 Å². The molecule has 2 aromatic carbocycles. The van der Waals surface area contributed by atoms with Gasteiger partial charge in [0.05, 0.1) is 15.6 Å². The summed E-state index contributed by atoms with van der Waals surface area (Å²) < 4.78 is 11.9. The van der Waals surface area contributed by atoms with Crippen LogP contribution in [-0.2, 0) is 12.0 Å². The number of hydrogen-bond donors (Lipinski definition) is 1. The molecule has 2 fully saturated rings. The highest BCUT2D eigenvalue weighted by Gasteiger charge is 2.53. The summed E-state index contributed by atoms with van der Waals surface area (Å²) in [5.41, 5.74) is 3.85. The molecular formula is C29H23Cl3N2O4. The molecule has 0 radical (unpaired) electrons. The molecule has 2 aliphatic carbocycles. The zero-order valence-electron chi connectivity index (χ0n) is 20.4. The zero-order valence-corrected chi connectivity index (χ0v) is 22.6. The van der Waals surface area contributed by atoms with Crippen LogP contribution in [0.4, 0.5) is 0 Å². The van der Waals surface area contributed by atoms with E-state index in [0.717, 1.165) is 41.7 Å². The molecule has 38 heavy (non-hydrogen) atoms. The van der Waals surface area contributed by atoms with Gasteiger partial charge in [-0.15, -0.1) is 0 Å². The number of aromatic carboxylic acids is 1. The minimum absolute atomic E-state index is 0.0448. The van der Waals surface area contributed by atoms with E-state index in [2.05, 4.69) is 17.1 Å². The van der Waals surface area contributed by atoms with Gasteiger partial charge in [0.15, 0.2) is 0 Å². The molecule has 194 valence electrons. The third-order valence-corrected chi connectivity index (χ3v) is 8.49. The SMILES string of the molecule is CC1(c2ccc(OCc3c(-c4c(Cl)cccc4Cl)noc3C3CC3)cc2Cl)CC1c1ccnc(C(=O)O)c1. The number of rotatable bonds is 8. The lowest BCUT2D eigenvalue weighted by atomic mass is 9.92. The Hall–Kier alpha value is -3.06. The zero-order chi connectivity index (χ0) is 26.6. The summed E-state index contributed by atoms with van der Waals surface area (Å²) in [6, 6.07) is 14.6. The molecule has 0 aliphatic heterocycles. The van der Waals surface area contributed by atoms with E-state index in [1.54, 1.807) is 30.5 Å². The lowest BCUT2D eigenvalue weighted by Gasteiger charge is -2.16. The van der Waals surface area contributed by atoms with Crippen molar-refractivity contribution >= 4 is 40.8 Å². The van der Waals surface area contributed by atoms with Crippen LogP contribution in [0.5, 0.6) is 5.75 Å².